The normalized spacial score (nSPS) is 23.9. The molecule has 1 aromatic carbocycles. The fraction of sp³-hybridized carbons (Fsp3) is 0.714. The fourth-order valence-corrected chi connectivity index (χ4v) is 6.39. The van der Waals surface area contributed by atoms with Gasteiger partial charge in [0.1, 0.15) is 53.6 Å². The van der Waals surface area contributed by atoms with Gasteiger partial charge in [-0.3, -0.25) is 10.1 Å². The third-order valence-corrected chi connectivity index (χ3v) is 9.56. The van der Waals surface area contributed by atoms with Crippen molar-refractivity contribution in [3.8, 4) is 0 Å². The number of carbonyl (C=O) groups excluding carboxylic acids is 4. The molecule has 0 aromatic heterocycles. The van der Waals surface area contributed by atoms with Crippen molar-refractivity contribution < 1.29 is 77.3 Å². The van der Waals surface area contributed by atoms with Crippen molar-refractivity contribution in [2.75, 3.05) is 26.8 Å². The van der Waals surface area contributed by atoms with Gasteiger partial charge in [0, 0.05) is 25.2 Å². The smallest absolute Gasteiger partial charge is 0.410 e. The minimum atomic E-state index is -1.74. The molecule has 0 spiro atoms. The summed E-state index contributed by atoms with van der Waals surface area (Å²) in [6.07, 6.45) is -11.0. The Balaban J connectivity index is 1.92. The molecule has 0 radical (unpaired) electrons. The maximum absolute atomic E-state index is 13.2. The number of non-ortho nitro benzene ring substituents is 1. The summed E-state index contributed by atoms with van der Waals surface area (Å²) >= 11 is 0. The number of nitrogens with two attached hydrogens (primary N) is 1. The van der Waals surface area contributed by atoms with E-state index in [9.17, 15) is 44.6 Å². The highest BCUT2D eigenvalue weighted by Crippen LogP contribution is 2.31. The van der Waals surface area contributed by atoms with Gasteiger partial charge in [-0.15, -0.1) is 0 Å². The summed E-state index contributed by atoms with van der Waals surface area (Å²) in [5.41, 5.74) is 4.31. The second-order valence-electron chi connectivity index (χ2n) is 18.6. The fourth-order valence-electron chi connectivity index (χ4n) is 6.39. The SMILES string of the molecule is C[C@@H]([C@@H](O)[C@H](OCCO)O[C@@H]1[C@@H](O)[C@H](O[C@H]2OC(CNC(=O)OCc3ccc([N+](=O)[O-])cc3)=CC[C@H]2NC(=O)OC(C)(C)C)[C@@H](NC(=O)OC(C)(C)C)C[C@H]1N)N(C)C(=O)OC(C)(C)C. The average molecular weight is 929 g/mol. The van der Waals surface area contributed by atoms with E-state index in [2.05, 4.69) is 16.0 Å². The molecule has 23 heteroatoms. The first-order chi connectivity index (χ1) is 30.1. The third-order valence-electron chi connectivity index (χ3n) is 9.56. The van der Waals surface area contributed by atoms with Crippen molar-refractivity contribution in [3.05, 3.63) is 51.8 Å². The Bertz CT molecular complexity index is 1780. The van der Waals surface area contributed by atoms with E-state index in [1.165, 1.54) is 38.2 Å². The molecular weight excluding hydrogens is 860 g/mol. The molecule has 0 saturated heterocycles. The van der Waals surface area contributed by atoms with Crippen molar-refractivity contribution in [1.82, 2.24) is 20.9 Å². The number of carbonyl (C=O) groups is 4. The number of amides is 4. The van der Waals surface area contributed by atoms with Gasteiger partial charge in [0.2, 0.25) is 6.29 Å². The van der Waals surface area contributed by atoms with E-state index >= 15 is 0 Å². The molecule has 1 heterocycles. The van der Waals surface area contributed by atoms with E-state index in [0.29, 0.717) is 5.56 Å². The summed E-state index contributed by atoms with van der Waals surface area (Å²) < 4.78 is 46.2. The van der Waals surface area contributed by atoms with Crippen LogP contribution in [0.2, 0.25) is 0 Å². The molecule has 1 saturated carbocycles. The average Bonchev–Trinajstić information content (AvgIpc) is 3.18. The van der Waals surface area contributed by atoms with Crippen LogP contribution in [-0.4, -0.2) is 154 Å². The van der Waals surface area contributed by atoms with Gasteiger partial charge in [-0.2, -0.15) is 0 Å². The Morgan fingerprint density at radius 1 is 0.923 bits per heavy atom. The topological polar surface area (TPSA) is 311 Å². The van der Waals surface area contributed by atoms with Crippen LogP contribution in [0.1, 0.15) is 87.6 Å². The Hall–Kier alpha value is -5.04. The number of ether oxygens (including phenoxy) is 8. The molecule has 10 atom stereocenters. The zero-order valence-corrected chi connectivity index (χ0v) is 38.9. The number of nitro benzene ring substituents is 1. The number of hydrogen-bond donors (Lipinski definition) is 7. The van der Waals surface area contributed by atoms with Gasteiger partial charge in [0.05, 0.1) is 42.8 Å². The second-order valence-corrected chi connectivity index (χ2v) is 18.6. The number of nitrogens with one attached hydrogen (secondary N) is 3. The summed E-state index contributed by atoms with van der Waals surface area (Å²) in [6.45, 7) is 15.3. The number of aliphatic hydroxyl groups excluding tert-OH is 3. The van der Waals surface area contributed by atoms with Crippen LogP contribution in [0, 0.1) is 10.1 Å². The van der Waals surface area contributed by atoms with E-state index in [1.807, 2.05) is 0 Å². The minimum Gasteiger partial charge on any atom is -0.465 e. The molecular formula is C42H68N6O17. The first-order valence-electron chi connectivity index (χ1n) is 21.2. The molecule has 368 valence electrons. The zero-order valence-electron chi connectivity index (χ0n) is 38.9. The summed E-state index contributed by atoms with van der Waals surface area (Å²) in [5.74, 6) is 0.152. The maximum atomic E-state index is 13.2. The first kappa shape index (κ1) is 54.3. The predicted molar refractivity (Wildman–Crippen MR) is 230 cm³/mol. The highest BCUT2D eigenvalue weighted by atomic mass is 16.7. The number of likely N-dealkylation sites (N-methyl/N-ethyl adjacent to an activating group) is 1. The van der Waals surface area contributed by atoms with Gasteiger partial charge in [-0.1, -0.05) is 0 Å². The number of hydrogen-bond acceptors (Lipinski definition) is 18. The quantitative estimate of drug-likeness (QED) is 0.0511. The lowest BCUT2D eigenvalue weighted by atomic mass is 9.83. The number of nitrogens with zero attached hydrogens (tertiary/aromatic N) is 2. The molecule has 1 aliphatic carbocycles. The van der Waals surface area contributed by atoms with E-state index in [-0.39, 0.29) is 44.0 Å². The molecule has 3 rings (SSSR count). The molecule has 0 unspecified atom stereocenters. The van der Waals surface area contributed by atoms with Gasteiger partial charge in [-0.25, -0.2) is 19.2 Å². The van der Waals surface area contributed by atoms with Gasteiger partial charge >= 0.3 is 24.4 Å². The highest BCUT2D eigenvalue weighted by molar-refractivity contribution is 5.69. The second kappa shape index (κ2) is 23.4. The molecule has 2 aliphatic rings. The largest absolute Gasteiger partial charge is 0.465 e. The van der Waals surface area contributed by atoms with E-state index in [1.54, 1.807) is 68.4 Å². The lowest BCUT2D eigenvalue weighted by Crippen LogP contribution is -2.67. The predicted octanol–water partition coefficient (Wildman–Crippen LogP) is 3.05. The standard InChI is InChI=1S/C42H68N6O17/c1-23(47(11)39(55)65-42(8,9)10)30(50)35(58-19-18-49)61-32-27(43)20-29(46-38(54)64-41(5,6)7)33(31(32)51)62-34-28(45-37(53)63-40(2,3)4)17-16-26(60-34)21-44-36(52)59-22-24-12-14-25(15-13-24)48(56)57/h12-16,23,27-35,49-51H,17-22,43H2,1-11H3,(H,44,52)(H,45,53)(H,46,54)/t23-,27+,28+,29-,30+,31+,32-,33+,34+,35+/m0/s1. The van der Waals surface area contributed by atoms with Crippen LogP contribution in [-0.2, 0) is 44.5 Å². The summed E-state index contributed by atoms with van der Waals surface area (Å²) in [7, 11) is 1.40. The van der Waals surface area contributed by atoms with Crippen LogP contribution in [0.15, 0.2) is 36.1 Å². The molecule has 0 bridgehead atoms. The molecule has 65 heavy (non-hydrogen) atoms. The van der Waals surface area contributed by atoms with Crippen molar-refractivity contribution in [2.45, 2.75) is 167 Å². The summed E-state index contributed by atoms with van der Waals surface area (Å²) in [4.78, 5) is 63.4. The molecule has 1 fully saturated rings. The number of alkyl carbamates (subject to hydrolysis) is 3. The van der Waals surface area contributed by atoms with E-state index < -0.39 is 114 Å². The van der Waals surface area contributed by atoms with Crippen molar-refractivity contribution >= 4 is 30.1 Å². The van der Waals surface area contributed by atoms with Gasteiger partial charge in [-0.05, 0) is 106 Å². The number of nitro groups is 1. The van der Waals surface area contributed by atoms with Crippen LogP contribution >= 0.6 is 0 Å². The summed E-state index contributed by atoms with van der Waals surface area (Å²) in [6, 6.07) is 1.28. The van der Waals surface area contributed by atoms with Crippen LogP contribution in [0.3, 0.4) is 0 Å². The Morgan fingerprint density at radius 2 is 1.49 bits per heavy atom. The molecule has 1 aromatic rings. The monoisotopic (exact) mass is 928 g/mol. The number of aliphatic hydroxyl groups is 3. The molecule has 8 N–H and O–H groups in total. The van der Waals surface area contributed by atoms with Crippen molar-refractivity contribution in [2.24, 2.45) is 5.73 Å². The zero-order chi connectivity index (χ0) is 49.0. The lowest BCUT2D eigenvalue weighted by Gasteiger charge is -2.46. The highest BCUT2D eigenvalue weighted by Gasteiger charge is 2.50. The molecule has 23 nitrogen and oxygen atoms in total. The Kier molecular flexibility index (Phi) is 19.6. The van der Waals surface area contributed by atoms with Gasteiger partial charge < -0.3 is 79.8 Å². The lowest BCUT2D eigenvalue weighted by molar-refractivity contribution is -0.384. The molecule has 4 amide bonds. The van der Waals surface area contributed by atoms with Gasteiger partial charge in [0.15, 0.2) is 6.29 Å². The van der Waals surface area contributed by atoms with Crippen LogP contribution < -0.4 is 21.7 Å². The maximum Gasteiger partial charge on any atom is 0.410 e. The van der Waals surface area contributed by atoms with Crippen LogP contribution in [0.25, 0.3) is 0 Å². The van der Waals surface area contributed by atoms with Crippen molar-refractivity contribution in [3.63, 3.8) is 0 Å². The van der Waals surface area contributed by atoms with Crippen LogP contribution in [0.5, 0.6) is 0 Å². The van der Waals surface area contributed by atoms with E-state index in [4.69, 9.17) is 43.6 Å². The number of rotatable bonds is 17. The first-order valence-corrected chi connectivity index (χ1v) is 21.2. The Morgan fingerprint density at radius 3 is 2.03 bits per heavy atom. The van der Waals surface area contributed by atoms with Crippen molar-refractivity contribution in [1.29, 1.82) is 0 Å². The Labute approximate surface area is 378 Å². The van der Waals surface area contributed by atoms with Gasteiger partial charge in [0.25, 0.3) is 5.69 Å². The number of benzene rings is 1. The minimum absolute atomic E-state index is 0.0531. The molecule has 1 aliphatic heterocycles. The van der Waals surface area contributed by atoms with E-state index in [0.717, 1.165) is 4.90 Å². The third kappa shape index (κ3) is 18.0. The summed E-state index contributed by atoms with van der Waals surface area (Å²) in [5, 5.41) is 52.2. The van der Waals surface area contributed by atoms with Crippen LogP contribution in [0.4, 0.5) is 24.9 Å².